The maximum absolute atomic E-state index is 13.6. The lowest BCUT2D eigenvalue weighted by molar-refractivity contribution is -0.141. The van der Waals surface area contributed by atoms with E-state index in [2.05, 4.69) is 20.2 Å². The van der Waals surface area contributed by atoms with E-state index < -0.39 is 11.9 Å². The normalized spacial score (nSPS) is 24.7. The smallest absolute Gasteiger partial charge is 0.434 e. The molecule has 2 aliphatic rings. The molecule has 2 fully saturated rings. The molecule has 0 N–H and O–H groups in total. The molecule has 0 spiro atoms. The van der Waals surface area contributed by atoms with Crippen molar-refractivity contribution in [3.05, 3.63) is 60.3 Å². The molecule has 0 unspecified atom stereocenters. The fourth-order valence-corrected chi connectivity index (χ4v) is 4.68. The second kappa shape index (κ2) is 7.57. The second-order valence-corrected chi connectivity index (χ2v) is 7.98. The summed E-state index contributed by atoms with van der Waals surface area (Å²) >= 11 is 0. The molecular formula is C21H19F3N6O2. The van der Waals surface area contributed by atoms with Crippen LogP contribution >= 0.6 is 0 Å². The zero-order valence-electron chi connectivity index (χ0n) is 17.0. The Kier molecular flexibility index (Phi) is 4.83. The number of halogens is 3. The number of carbonyl (C=O) groups is 1. The summed E-state index contributed by atoms with van der Waals surface area (Å²) in [7, 11) is 0. The molecular weight excluding hydrogens is 425 g/mol. The lowest BCUT2D eigenvalue weighted by atomic mass is 9.98. The number of amides is 1. The van der Waals surface area contributed by atoms with Crippen LogP contribution in [0.15, 0.2) is 49.1 Å². The van der Waals surface area contributed by atoms with Gasteiger partial charge in [-0.2, -0.15) is 28.2 Å². The molecule has 8 nitrogen and oxygen atoms in total. The predicted octanol–water partition coefficient (Wildman–Crippen LogP) is 3.15. The van der Waals surface area contributed by atoms with E-state index in [0.717, 1.165) is 12.6 Å². The number of likely N-dealkylation sites (tertiary alicyclic amines) is 1. The number of alkyl halides is 3. The van der Waals surface area contributed by atoms with Crippen molar-refractivity contribution in [2.45, 2.75) is 44.1 Å². The van der Waals surface area contributed by atoms with Crippen LogP contribution in [-0.2, 0) is 6.18 Å². The van der Waals surface area contributed by atoms with Gasteiger partial charge in [0.25, 0.3) is 5.91 Å². The van der Waals surface area contributed by atoms with Gasteiger partial charge in [-0.15, -0.1) is 0 Å². The molecule has 5 rings (SSSR count). The largest absolute Gasteiger partial charge is 0.471 e. The zero-order valence-corrected chi connectivity index (χ0v) is 17.0. The van der Waals surface area contributed by atoms with Gasteiger partial charge >= 0.3 is 6.18 Å². The van der Waals surface area contributed by atoms with Gasteiger partial charge in [-0.25, -0.2) is 9.97 Å². The first kappa shape index (κ1) is 20.4. The van der Waals surface area contributed by atoms with Crippen LogP contribution in [0.25, 0.3) is 5.69 Å². The minimum absolute atomic E-state index is 0.00433. The van der Waals surface area contributed by atoms with E-state index in [0.29, 0.717) is 23.9 Å². The molecule has 4 atom stereocenters. The van der Waals surface area contributed by atoms with E-state index in [1.165, 1.54) is 17.2 Å². The fourth-order valence-electron chi connectivity index (χ4n) is 4.68. The molecule has 1 saturated carbocycles. The van der Waals surface area contributed by atoms with Crippen LogP contribution in [0.5, 0.6) is 5.88 Å². The Labute approximate surface area is 181 Å². The topological polar surface area (TPSA) is 86.0 Å². The van der Waals surface area contributed by atoms with Crippen LogP contribution in [0.3, 0.4) is 0 Å². The third-order valence-electron chi connectivity index (χ3n) is 6.18. The average molecular weight is 444 g/mol. The van der Waals surface area contributed by atoms with Gasteiger partial charge in [-0.1, -0.05) is 12.1 Å². The summed E-state index contributed by atoms with van der Waals surface area (Å²) in [5.41, 5.74) is -0.0354. The lowest BCUT2D eigenvalue weighted by Gasteiger charge is -2.37. The van der Waals surface area contributed by atoms with Gasteiger partial charge in [0.2, 0.25) is 5.88 Å². The third kappa shape index (κ3) is 3.47. The molecule has 3 aromatic rings. The number of nitrogens with zero attached hydrogens (tertiary/aromatic N) is 6. The van der Waals surface area contributed by atoms with Crippen molar-refractivity contribution in [3.8, 4) is 11.6 Å². The number of para-hydroxylation sites is 1. The van der Waals surface area contributed by atoms with Crippen LogP contribution < -0.4 is 4.74 Å². The molecule has 11 heteroatoms. The summed E-state index contributed by atoms with van der Waals surface area (Å²) in [4.78, 5) is 23.9. The third-order valence-corrected chi connectivity index (χ3v) is 6.18. The van der Waals surface area contributed by atoms with Crippen LogP contribution in [0.2, 0.25) is 0 Å². The van der Waals surface area contributed by atoms with Crippen molar-refractivity contribution in [2.24, 2.45) is 5.92 Å². The minimum atomic E-state index is -4.56. The summed E-state index contributed by atoms with van der Waals surface area (Å²) in [6, 6.07) is 6.89. The summed E-state index contributed by atoms with van der Waals surface area (Å²) in [5.74, 6) is 0.0767. The van der Waals surface area contributed by atoms with Crippen LogP contribution in [-0.4, -0.2) is 54.0 Å². The summed E-state index contributed by atoms with van der Waals surface area (Å²) in [6.07, 6.45) is 1.22. The molecule has 166 valence electrons. The van der Waals surface area contributed by atoms with Gasteiger partial charge in [-0.3, -0.25) is 4.79 Å². The van der Waals surface area contributed by atoms with Crippen LogP contribution in [0.1, 0.15) is 35.8 Å². The van der Waals surface area contributed by atoms with Crippen LogP contribution in [0, 0.1) is 5.92 Å². The number of ether oxygens (including phenoxy) is 1. The molecule has 0 radical (unpaired) electrons. The highest BCUT2D eigenvalue weighted by Gasteiger charge is 2.53. The maximum Gasteiger partial charge on any atom is 0.434 e. The first-order chi connectivity index (χ1) is 15.3. The van der Waals surface area contributed by atoms with Gasteiger partial charge in [0.15, 0.2) is 5.69 Å². The average Bonchev–Trinajstić information content (AvgIpc) is 3.50. The lowest BCUT2D eigenvalue weighted by Crippen LogP contribution is -2.51. The number of fused-ring (bicyclic) bond motifs is 2. The molecule has 1 aromatic carbocycles. The van der Waals surface area contributed by atoms with E-state index in [-0.39, 0.29) is 35.9 Å². The second-order valence-electron chi connectivity index (χ2n) is 7.98. The Morgan fingerprint density at radius 1 is 1.09 bits per heavy atom. The highest BCUT2D eigenvalue weighted by atomic mass is 19.4. The molecule has 3 heterocycles. The van der Waals surface area contributed by atoms with Gasteiger partial charge in [-0.05, 0) is 37.8 Å². The zero-order chi connectivity index (χ0) is 22.5. The monoisotopic (exact) mass is 444 g/mol. The summed E-state index contributed by atoms with van der Waals surface area (Å²) in [6.45, 7) is 2.01. The molecule has 32 heavy (non-hydrogen) atoms. The van der Waals surface area contributed by atoms with Crippen molar-refractivity contribution in [1.82, 2.24) is 29.9 Å². The van der Waals surface area contributed by atoms with Gasteiger partial charge in [0, 0.05) is 6.04 Å². The van der Waals surface area contributed by atoms with E-state index in [1.807, 2.05) is 13.0 Å². The van der Waals surface area contributed by atoms with E-state index >= 15 is 0 Å². The summed E-state index contributed by atoms with van der Waals surface area (Å²) in [5, 5.41) is 8.27. The van der Waals surface area contributed by atoms with Crippen LogP contribution in [0.4, 0.5) is 13.2 Å². The first-order valence-corrected chi connectivity index (χ1v) is 10.2. The molecule has 1 saturated heterocycles. The number of carbonyl (C=O) groups excluding carboxylic acids is 1. The molecule has 2 aromatic heterocycles. The molecule has 1 aliphatic heterocycles. The Morgan fingerprint density at radius 3 is 2.50 bits per heavy atom. The number of aromatic nitrogens is 5. The van der Waals surface area contributed by atoms with Crippen molar-refractivity contribution >= 4 is 5.91 Å². The predicted molar refractivity (Wildman–Crippen MR) is 105 cm³/mol. The van der Waals surface area contributed by atoms with E-state index in [1.54, 1.807) is 23.1 Å². The highest BCUT2D eigenvalue weighted by Crippen LogP contribution is 2.44. The first-order valence-electron chi connectivity index (χ1n) is 10.2. The fraction of sp³-hybridized carbons (Fsp3) is 0.381. The number of benzene rings is 1. The van der Waals surface area contributed by atoms with Crippen molar-refractivity contribution in [1.29, 1.82) is 0 Å². The van der Waals surface area contributed by atoms with Crippen molar-refractivity contribution in [2.75, 3.05) is 0 Å². The quantitative estimate of drug-likeness (QED) is 0.615. The van der Waals surface area contributed by atoms with Gasteiger partial charge in [0.1, 0.15) is 6.10 Å². The standard InChI is InChI=1S/C21H19F3N6O2/c1-12-13-8-16(17(9-13)32-19-11-25-18(10-26-19)21(22,23)24)29(12)20(31)14-4-2-3-5-15(14)30-27-6-7-28-30/h2-7,10-13,16-17H,8-9H2,1H3/t12-,13-,16+,17-/m1/s1. The molecule has 1 amide bonds. The number of piperidine rings is 1. The number of hydrogen-bond acceptors (Lipinski definition) is 6. The SMILES string of the molecule is C[C@@H]1[C@H]2C[C@@H](Oc3cnc(C(F)(F)F)cn3)[C@H](C2)N1C(=O)c1ccccc1-n1nccn1. The number of rotatable bonds is 4. The Bertz CT molecular complexity index is 1120. The van der Waals surface area contributed by atoms with Gasteiger partial charge in [0.05, 0.1) is 42.1 Å². The highest BCUT2D eigenvalue weighted by molar-refractivity contribution is 5.98. The van der Waals surface area contributed by atoms with Crippen molar-refractivity contribution < 1.29 is 22.7 Å². The van der Waals surface area contributed by atoms with Gasteiger partial charge < -0.3 is 9.64 Å². The Hall–Kier alpha value is -3.50. The maximum atomic E-state index is 13.6. The minimum Gasteiger partial charge on any atom is -0.471 e. The van der Waals surface area contributed by atoms with E-state index in [4.69, 9.17) is 4.74 Å². The summed E-state index contributed by atoms with van der Waals surface area (Å²) < 4.78 is 44.1. The Morgan fingerprint density at radius 2 is 1.84 bits per heavy atom. The molecule has 2 bridgehead atoms. The number of hydrogen-bond donors (Lipinski definition) is 0. The van der Waals surface area contributed by atoms with Crippen molar-refractivity contribution in [3.63, 3.8) is 0 Å². The van der Waals surface area contributed by atoms with E-state index in [9.17, 15) is 18.0 Å². The molecule has 1 aliphatic carbocycles. The Balaban J connectivity index is 1.38.